The van der Waals surface area contributed by atoms with E-state index < -0.39 is 0 Å². The van der Waals surface area contributed by atoms with E-state index in [0.29, 0.717) is 18.7 Å². The number of nitrogens with zero attached hydrogens (tertiary/aromatic N) is 2. The molecule has 0 fully saturated rings. The van der Waals surface area contributed by atoms with Crippen molar-refractivity contribution >= 4 is 12.1 Å². The van der Waals surface area contributed by atoms with Crippen molar-refractivity contribution in [3.05, 3.63) is 59.8 Å². The fourth-order valence-electron chi connectivity index (χ4n) is 1.85. The van der Waals surface area contributed by atoms with Crippen molar-refractivity contribution in [1.82, 2.24) is 4.98 Å². The molecule has 98 valence electrons. The number of aliphatic hydroxyl groups excluding tert-OH is 1. The molecule has 1 aromatic carbocycles. The Labute approximate surface area is 112 Å². The van der Waals surface area contributed by atoms with Gasteiger partial charge in [0, 0.05) is 24.8 Å². The van der Waals surface area contributed by atoms with Crippen LogP contribution in [0, 0.1) is 0 Å². The number of benzene rings is 1. The van der Waals surface area contributed by atoms with Gasteiger partial charge in [0.2, 0.25) is 0 Å². The third-order valence-electron chi connectivity index (χ3n) is 2.82. The molecule has 4 nitrogen and oxygen atoms in total. The Morgan fingerprint density at radius 3 is 2.53 bits per heavy atom. The highest BCUT2D eigenvalue weighted by Gasteiger charge is 2.08. The Hall–Kier alpha value is -2.20. The van der Waals surface area contributed by atoms with Gasteiger partial charge < -0.3 is 10.0 Å². The zero-order valence-electron chi connectivity index (χ0n) is 10.6. The molecule has 0 amide bonds. The molecule has 0 bridgehead atoms. The van der Waals surface area contributed by atoms with Crippen LogP contribution in [-0.4, -0.2) is 29.5 Å². The lowest BCUT2D eigenvalue weighted by molar-refractivity contribution is 0.112. The van der Waals surface area contributed by atoms with Crippen LogP contribution < -0.4 is 4.90 Å². The van der Waals surface area contributed by atoms with Crippen LogP contribution in [0.1, 0.15) is 15.9 Å². The fourth-order valence-corrected chi connectivity index (χ4v) is 1.85. The summed E-state index contributed by atoms with van der Waals surface area (Å²) in [5.74, 6) is 0.753. The van der Waals surface area contributed by atoms with E-state index >= 15 is 0 Å². The second kappa shape index (κ2) is 6.66. The van der Waals surface area contributed by atoms with Gasteiger partial charge in [0.05, 0.1) is 6.61 Å². The highest BCUT2D eigenvalue weighted by Crippen LogP contribution is 2.14. The summed E-state index contributed by atoms with van der Waals surface area (Å²) in [6.45, 7) is 1.24. The Morgan fingerprint density at radius 2 is 1.95 bits per heavy atom. The van der Waals surface area contributed by atoms with E-state index in [9.17, 15) is 4.79 Å². The molecule has 0 aliphatic carbocycles. The van der Waals surface area contributed by atoms with Gasteiger partial charge in [0.1, 0.15) is 5.82 Å². The molecule has 1 heterocycles. The molecule has 0 aliphatic heterocycles. The first-order chi connectivity index (χ1) is 9.33. The molecule has 2 aromatic rings. The minimum atomic E-state index is 0.0595. The van der Waals surface area contributed by atoms with E-state index in [2.05, 4.69) is 4.98 Å². The molecule has 0 saturated carbocycles. The first kappa shape index (κ1) is 13.2. The maximum absolute atomic E-state index is 10.6. The maximum atomic E-state index is 10.6. The summed E-state index contributed by atoms with van der Waals surface area (Å²) >= 11 is 0. The van der Waals surface area contributed by atoms with Gasteiger partial charge in [-0.25, -0.2) is 4.98 Å². The lowest BCUT2D eigenvalue weighted by Crippen LogP contribution is -2.26. The van der Waals surface area contributed by atoms with Gasteiger partial charge in [-0.2, -0.15) is 0 Å². The molecule has 19 heavy (non-hydrogen) atoms. The number of anilines is 1. The Morgan fingerprint density at radius 1 is 1.16 bits per heavy atom. The second-order valence-corrected chi connectivity index (χ2v) is 4.20. The molecule has 0 atom stereocenters. The van der Waals surface area contributed by atoms with Crippen LogP contribution in [0.25, 0.3) is 0 Å². The number of aromatic nitrogens is 1. The van der Waals surface area contributed by atoms with Crippen molar-refractivity contribution in [2.24, 2.45) is 0 Å². The number of aliphatic hydroxyl groups is 1. The topological polar surface area (TPSA) is 53.4 Å². The van der Waals surface area contributed by atoms with Crippen LogP contribution in [0.5, 0.6) is 0 Å². The minimum Gasteiger partial charge on any atom is -0.395 e. The molecule has 4 heteroatoms. The van der Waals surface area contributed by atoms with Crippen LogP contribution in [-0.2, 0) is 6.54 Å². The molecular weight excluding hydrogens is 240 g/mol. The smallest absolute Gasteiger partial charge is 0.151 e. The van der Waals surface area contributed by atoms with E-state index in [1.54, 1.807) is 12.1 Å². The molecule has 0 unspecified atom stereocenters. The predicted molar refractivity (Wildman–Crippen MR) is 74.2 cm³/mol. The monoisotopic (exact) mass is 256 g/mol. The Balaban J connectivity index is 2.16. The summed E-state index contributed by atoms with van der Waals surface area (Å²) in [6, 6.07) is 13.5. The predicted octanol–water partition coefficient (Wildman–Crippen LogP) is 1.89. The normalized spacial score (nSPS) is 10.2. The van der Waals surface area contributed by atoms with Crippen LogP contribution in [0.4, 0.5) is 5.82 Å². The van der Waals surface area contributed by atoms with Gasteiger partial charge in [-0.1, -0.05) is 30.3 Å². The Kier molecular flexibility index (Phi) is 4.64. The van der Waals surface area contributed by atoms with Gasteiger partial charge in [-0.15, -0.1) is 0 Å². The van der Waals surface area contributed by atoms with Crippen molar-refractivity contribution in [3.63, 3.8) is 0 Å². The summed E-state index contributed by atoms with van der Waals surface area (Å²) < 4.78 is 0. The number of hydrogen-bond donors (Lipinski definition) is 1. The van der Waals surface area contributed by atoms with Gasteiger partial charge in [0.25, 0.3) is 0 Å². The SMILES string of the molecule is O=Cc1ccc(N(CCO)Cc2ccccc2)nc1. The van der Waals surface area contributed by atoms with Gasteiger partial charge in [0.15, 0.2) is 6.29 Å². The molecule has 1 aromatic heterocycles. The first-order valence-corrected chi connectivity index (χ1v) is 6.14. The van der Waals surface area contributed by atoms with Crippen LogP contribution in [0.15, 0.2) is 48.7 Å². The maximum Gasteiger partial charge on any atom is 0.151 e. The average molecular weight is 256 g/mol. The van der Waals surface area contributed by atoms with Crippen molar-refractivity contribution < 1.29 is 9.90 Å². The standard InChI is InChI=1S/C15H16N2O2/c18-9-8-17(11-13-4-2-1-3-5-13)15-7-6-14(12-19)10-16-15/h1-7,10,12,18H,8-9,11H2. The summed E-state index contributed by atoms with van der Waals surface area (Å²) in [4.78, 5) is 16.8. The zero-order valence-corrected chi connectivity index (χ0v) is 10.6. The molecule has 1 N–H and O–H groups in total. The van der Waals surface area contributed by atoms with E-state index in [1.165, 1.54) is 6.20 Å². The van der Waals surface area contributed by atoms with E-state index in [1.807, 2.05) is 35.2 Å². The molecule has 0 saturated heterocycles. The summed E-state index contributed by atoms with van der Waals surface area (Å²) in [7, 11) is 0. The van der Waals surface area contributed by atoms with Gasteiger partial charge >= 0.3 is 0 Å². The number of pyridine rings is 1. The third-order valence-corrected chi connectivity index (χ3v) is 2.82. The molecule has 0 aliphatic rings. The number of rotatable bonds is 6. The molecule has 0 radical (unpaired) electrons. The van der Waals surface area contributed by atoms with Gasteiger partial charge in [-0.3, -0.25) is 4.79 Å². The van der Waals surface area contributed by atoms with Crippen molar-refractivity contribution in [2.75, 3.05) is 18.1 Å². The quantitative estimate of drug-likeness (QED) is 0.802. The van der Waals surface area contributed by atoms with E-state index in [-0.39, 0.29) is 6.61 Å². The summed E-state index contributed by atoms with van der Waals surface area (Å²) in [5, 5.41) is 9.15. The lowest BCUT2D eigenvalue weighted by Gasteiger charge is -2.22. The number of carbonyl (C=O) groups is 1. The third kappa shape index (κ3) is 3.63. The molecular formula is C15H16N2O2. The highest BCUT2D eigenvalue weighted by molar-refractivity contribution is 5.74. The van der Waals surface area contributed by atoms with Gasteiger partial charge in [-0.05, 0) is 17.7 Å². The van der Waals surface area contributed by atoms with E-state index in [0.717, 1.165) is 17.7 Å². The number of carbonyl (C=O) groups excluding carboxylic acids is 1. The van der Waals surface area contributed by atoms with Crippen LogP contribution >= 0.6 is 0 Å². The van der Waals surface area contributed by atoms with E-state index in [4.69, 9.17) is 5.11 Å². The molecule has 2 rings (SSSR count). The lowest BCUT2D eigenvalue weighted by atomic mass is 10.2. The fraction of sp³-hybridized carbons (Fsp3) is 0.200. The highest BCUT2D eigenvalue weighted by atomic mass is 16.3. The number of aldehydes is 1. The van der Waals surface area contributed by atoms with Crippen molar-refractivity contribution in [2.45, 2.75) is 6.54 Å². The second-order valence-electron chi connectivity index (χ2n) is 4.20. The number of hydrogen-bond acceptors (Lipinski definition) is 4. The summed E-state index contributed by atoms with van der Waals surface area (Å²) in [5.41, 5.74) is 1.70. The molecule has 0 spiro atoms. The average Bonchev–Trinajstić information content (AvgIpc) is 2.48. The first-order valence-electron chi connectivity index (χ1n) is 6.14. The largest absolute Gasteiger partial charge is 0.395 e. The summed E-state index contributed by atoms with van der Waals surface area (Å²) in [6.07, 6.45) is 2.31. The van der Waals surface area contributed by atoms with Crippen LogP contribution in [0.2, 0.25) is 0 Å². The van der Waals surface area contributed by atoms with Crippen LogP contribution in [0.3, 0.4) is 0 Å². The zero-order chi connectivity index (χ0) is 13.5. The van der Waals surface area contributed by atoms with Crippen molar-refractivity contribution in [1.29, 1.82) is 0 Å². The minimum absolute atomic E-state index is 0.0595. The Bertz CT molecular complexity index is 511. The van der Waals surface area contributed by atoms with Crippen molar-refractivity contribution in [3.8, 4) is 0 Å².